The Hall–Kier alpha value is -2.95. The van der Waals surface area contributed by atoms with Gasteiger partial charge in [0.05, 0.1) is 28.3 Å². The van der Waals surface area contributed by atoms with E-state index in [1.165, 1.54) is 37.6 Å². The van der Waals surface area contributed by atoms with Crippen LogP contribution in [0.5, 0.6) is 5.75 Å². The van der Waals surface area contributed by atoms with E-state index in [0.717, 1.165) is 6.07 Å². The van der Waals surface area contributed by atoms with Crippen molar-refractivity contribution >= 4 is 9.73 Å². The number of hydrogen-bond acceptors (Lipinski definition) is 6. The van der Waals surface area contributed by atoms with Crippen molar-refractivity contribution in [1.82, 2.24) is 10.1 Å². The van der Waals surface area contributed by atoms with Gasteiger partial charge in [0.1, 0.15) is 11.6 Å². The lowest BCUT2D eigenvalue weighted by Crippen LogP contribution is -2.04. The van der Waals surface area contributed by atoms with E-state index in [9.17, 15) is 21.8 Å². The minimum atomic E-state index is -4.72. The fourth-order valence-corrected chi connectivity index (χ4v) is 3.67. The number of rotatable bonds is 5. The molecule has 0 saturated carbocycles. The Morgan fingerprint density at radius 1 is 1.17 bits per heavy atom. The monoisotopic (exact) mass is 429 g/mol. The quantitative estimate of drug-likeness (QED) is 0.556. The zero-order valence-electron chi connectivity index (χ0n) is 15.2. The van der Waals surface area contributed by atoms with Crippen molar-refractivity contribution in [2.75, 3.05) is 13.4 Å². The van der Waals surface area contributed by atoms with E-state index in [2.05, 4.69) is 19.0 Å². The minimum Gasteiger partial charge on any atom is -0.497 e. The topological polar surface area (TPSA) is 77.6 Å². The van der Waals surface area contributed by atoms with E-state index in [1.807, 2.05) is 0 Å². The number of hydrogen-bond donors (Lipinski definition) is 0. The third-order valence-electron chi connectivity index (χ3n) is 3.92. The number of nitrogens with zero attached hydrogens (tertiary/aromatic N) is 3. The van der Waals surface area contributed by atoms with Crippen LogP contribution in [0.4, 0.5) is 17.6 Å². The molecule has 6 nitrogen and oxygen atoms in total. The molecule has 1 atom stereocenters. The predicted molar refractivity (Wildman–Crippen MR) is 96.2 cm³/mol. The number of aromatic nitrogens is 2. The third kappa shape index (κ3) is 4.73. The Balaban J connectivity index is 1.79. The Kier molecular flexibility index (Phi) is 5.60. The van der Waals surface area contributed by atoms with Crippen molar-refractivity contribution in [3.63, 3.8) is 0 Å². The molecule has 0 aliphatic carbocycles. The summed E-state index contributed by atoms with van der Waals surface area (Å²) >= 11 is 0. The standard InChI is InChI=1S/C18H15F4N3O3S/c1-27-13-7-8-15(14(19)9-13)29(2,26)23-10-11-3-5-12(6-4-11)16-24-17(28-25-16)18(20,21)22/h3-9H,10H2,1-2H3. The molecule has 3 aromatic rings. The maximum absolute atomic E-state index is 14.2. The Labute approximate surface area is 163 Å². The molecule has 0 amide bonds. The third-order valence-corrected chi connectivity index (χ3v) is 5.69. The first kappa shape index (κ1) is 20.8. The van der Waals surface area contributed by atoms with Crippen LogP contribution in [0.3, 0.4) is 0 Å². The highest BCUT2D eigenvalue weighted by Crippen LogP contribution is 2.29. The highest BCUT2D eigenvalue weighted by Gasteiger charge is 2.38. The van der Waals surface area contributed by atoms with Crippen molar-refractivity contribution in [1.29, 1.82) is 0 Å². The highest BCUT2D eigenvalue weighted by atomic mass is 32.2. The summed E-state index contributed by atoms with van der Waals surface area (Å²) in [4.78, 5) is 3.27. The van der Waals surface area contributed by atoms with Crippen molar-refractivity contribution in [3.05, 3.63) is 59.7 Å². The van der Waals surface area contributed by atoms with Gasteiger partial charge >= 0.3 is 12.1 Å². The first-order chi connectivity index (χ1) is 13.6. The van der Waals surface area contributed by atoms with Crippen LogP contribution < -0.4 is 4.74 Å². The number of methoxy groups -OCH3 is 1. The van der Waals surface area contributed by atoms with E-state index in [1.54, 1.807) is 12.1 Å². The number of ether oxygens (including phenoxy) is 1. The van der Waals surface area contributed by atoms with Crippen molar-refractivity contribution in [2.24, 2.45) is 4.36 Å². The van der Waals surface area contributed by atoms with Gasteiger partial charge in [0.15, 0.2) is 0 Å². The molecule has 1 heterocycles. The molecule has 2 aromatic carbocycles. The molecule has 29 heavy (non-hydrogen) atoms. The number of alkyl halides is 3. The van der Waals surface area contributed by atoms with Crippen molar-refractivity contribution in [2.45, 2.75) is 17.6 Å². The molecule has 0 aliphatic heterocycles. The van der Waals surface area contributed by atoms with Crippen LogP contribution in [-0.4, -0.2) is 27.7 Å². The van der Waals surface area contributed by atoms with Crippen molar-refractivity contribution in [3.8, 4) is 17.1 Å². The molecule has 0 fully saturated rings. The number of benzene rings is 2. The van der Waals surface area contributed by atoms with Gasteiger partial charge in [0.25, 0.3) is 0 Å². The smallest absolute Gasteiger partial charge is 0.471 e. The average Bonchev–Trinajstić information content (AvgIpc) is 3.17. The normalized spacial score (nSPS) is 13.7. The first-order valence-corrected chi connectivity index (χ1v) is 10.0. The maximum atomic E-state index is 14.2. The summed E-state index contributed by atoms with van der Waals surface area (Å²) in [6.07, 6.45) is -3.40. The van der Waals surface area contributed by atoms with Gasteiger partial charge in [-0.05, 0) is 17.7 Å². The largest absolute Gasteiger partial charge is 0.497 e. The zero-order chi connectivity index (χ0) is 21.2. The summed E-state index contributed by atoms with van der Waals surface area (Å²) in [5, 5.41) is 3.30. The van der Waals surface area contributed by atoms with Crippen LogP contribution in [0, 0.1) is 5.82 Å². The van der Waals surface area contributed by atoms with Crippen LogP contribution in [-0.2, 0) is 22.5 Å². The summed E-state index contributed by atoms with van der Waals surface area (Å²) in [5.74, 6) is -2.03. The lowest BCUT2D eigenvalue weighted by Gasteiger charge is -2.08. The molecule has 1 aromatic heterocycles. The summed E-state index contributed by atoms with van der Waals surface area (Å²) in [6, 6.07) is 10.1. The number of halogens is 4. The Morgan fingerprint density at radius 3 is 2.41 bits per heavy atom. The maximum Gasteiger partial charge on any atom is 0.471 e. The van der Waals surface area contributed by atoms with Gasteiger partial charge in [0.2, 0.25) is 5.82 Å². The molecular weight excluding hydrogens is 414 g/mol. The van der Waals surface area contributed by atoms with Crippen LogP contribution >= 0.6 is 0 Å². The van der Waals surface area contributed by atoms with Gasteiger partial charge in [0, 0.05) is 17.9 Å². The molecule has 154 valence electrons. The van der Waals surface area contributed by atoms with E-state index in [-0.39, 0.29) is 17.3 Å². The molecule has 0 radical (unpaired) electrons. The fraction of sp³-hybridized carbons (Fsp3) is 0.222. The zero-order valence-corrected chi connectivity index (χ0v) is 16.1. The van der Waals surface area contributed by atoms with Crippen LogP contribution in [0.25, 0.3) is 11.4 Å². The highest BCUT2D eigenvalue weighted by molar-refractivity contribution is 7.93. The molecule has 0 saturated heterocycles. The van der Waals surface area contributed by atoms with E-state index in [4.69, 9.17) is 4.74 Å². The van der Waals surface area contributed by atoms with Crippen LogP contribution in [0.1, 0.15) is 11.5 Å². The summed E-state index contributed by atoms with van der Waals surface area (Å²) in [6.45, 7) is 0.0150. The molecule has 1 unspecified atom stereocenters. The van der Waals surface area contributed by atoms with Gasteiger partial charge in [-0.1, -0.05) is 29.4 Å². The first-order valence-electron chi connectivity index (χ1n) is 8.12. The van der Waals surface area contributed by atoms with E-state index >= 15 is 0 Å². The van der Waals surface area contributed by atoms with Gasteiger partial charge in [-0.2, -0.15) is 18.2 Å². The molecule has 3 rings (SSSR count). The van der Waals surface area contributed by atoms with Crippen LogP contribution in [0.2, 0.25) is 0 Å². The summed E-state index contributed by atoms with van der Waals surface area (Å²) in [5.41, 5.74) is 0.934. The molecule has 0 N–H and O–H groups in total. The lowest BCUT2D eigenvalue weighted by atomic mass is 10.1. The molecule has 0 aliphatic rings. The molecule has 0 bridgehead atoms. The van der Waals surface area contributed by atoms with Crippen molar-refractivity contribution < 1.29 is 31.0 Å². The van der Waals surface area contributed by atoms with Gasteiger partial charge < -0.3 is 9.26 Å². The molecular formula is C18H15F4N3O3S. The van der Waals surface area contributed by atoms with Crippen LogP contribution in [0.15, 0.2) is 56.2 Å². The Bertz CT molecular complexity index is 1130. The SMILES string of the molecule is COc1ccc(S(C)(=O)=NCc2ccc(-c3noc(C(F)(F)F)n3)cc2)c(F)c1. The molecule has 0 spiro atoms. The second kappa shape index (κ2) is 7.82. The summed E-state index contributed by atoms with van der Waals surface area (Å²) in [7, 11) is -1.62. The fourth-order valence-electron chi connectivity index (χ4n) is 2.40. The Morgan fingerprint density at radius 2 is 1.86 bits per heavy atom. The minimum absolute atomic E-state index is 0.0150. The summed E-state index contributed by atoms with van der Waals surface area (Å²) < 4.78 is 77.8. The second-order valence-electron chi connectivity index (χ2n) is 6.00. The average molecular weight is 429 g/mol. The second-order valence-corrected chi connectivity index (χ2v) is 8.31. The molecule has 11 heteroatoms. The van der Waals surface area contributed by atoms with E-state index < -0.39 is 27.6 Å². The van der Waals surface area contributed by atoms with Gasteiger partial charge in [-0.3, -0.25) is 0 Å². The van der Waals surface area contributed by atoms with E-state index in [0.29, 0.717) is 16.9 Å². The lowest BCUT2D eigenvalue weighted by molar-refractivity contribution is -0.159. The predicted octanol–water partition coefficient (Wildman–Crippen LogP) is 4.56. The van der Waals surface area contributed by atoms with Gasteiger partial charge in [-0.15, -0.1) is 0 Å². The van der Waals surface area contributed by atoms with Gasteiger partial charge in [-0.25, -0.2) is 13.0 Å².